The average Bonchev–Trinajstić information content (AvgIpc) is 2.54. The van der Waals surface area contributed by atoms with Gasteiger partial charge in [0.2, 0.25) is 0 Å². The lowest BCUT2D eigenvalue weighted by atomic mass is 9.85. The summed E-state index contributed by atoms with van der Waals surface area (Å²) < 4.78 is 5.73. The van der Waals surface area contributed by atoms with E-state index in [9.17, 15) is 4.79 Å². The molecule has 3 heteroatoms. The van der Waals surface area contributed by atoms with Crippen LogP contribution in [-0.2, 0) is 15.1 Å². The Morgan fingerprint density at radius 2 is 1.58 bits per heavy atom. The van der Waals surface area contributed by atoms with Gasteiger partial charge in [0.25, 0.3) is 0 Å². The van der Waals surface area contributed by atoms with Crippen molar-refractivity contribution in [2.24, 2.45) is 0 Å². The van der Waals surface area contributed by atoms with Crippen molar-refractivity contribution in [3.63, 3.8) is 0 Å². The van der Waals surface area contributed by atoms with Crippen LogP contribution in [0.3, 0.4) is 0 Å². The standard InChI is InChI=1S/C21H25NO2/c1-5-16-21(17-12-8-6-9-13-17,19(23)24-20(2,3)4)22-18-14-10-7-11-15-18/h5-15,22H,1,16H2,2-4H3. The van der Waals surface area contributed by atoms with Crippen LogP contribution in [0.4, 0.5) is 5.69 Å². The van der Waals surface area contributed by atoms with E-state index in [1.807, 2.05) is 81.4 Å². The smallest absolute Gasteiger partial charge is 0.337 e. The minimum Gasteiger partial charge on any atom is -0.458 e. The van der Waals surface area contributed by atoms with Crippen molar-refractivity contribution in [1.29, 1.82) is 0 Å². The molecule has 0 aromatic heterocycles. The zero-order valence-corrected chi connectivity index (χ0v) is 14.6. The Kier molecular flexibility index (Phi) is 5.45. The van der Waals surface area contributed by atoms with E-state index in [1.165, 1.54) is 0 Å². The van der Waals surface area contributed by atoms with Gasteiger partial charge in [-0.1, -0.05) is 54.6 Å². The van der Waals surface area contributed by atoms with Crippen molar-refractivity contribution in [2.45, 2.75) is 38.3 Å². The summed E-state index contributed by atoms with van der Waals surface area (Å²) in [4.78, 5) is 13.1. The van der Waals surface area contributed by atoms with Gasteiger partial charge in [-0.15, -0.1) is 6.58 Å². The summed E-state index contributed by atoms with van der Waals surface area (Å²) in [7, 11) is 0. The van der Waals surface area contributed by atoms with Crippen LogP contribution < -0.4 is 5.32 Å². The molecular weight excluding hydrogens is 298 g/mol. The number of carbonyl (C=O) groups excluding carboxylic acids is 1. The van der Waals surface area contributed by atoms with Gasteiger partial charge in [0.05, 0.1) is 0 Å². The molecule has 1 atom stereocenters. The molecule has 0 aliphatic heterocycles. The van der Waals surface area contributed by atoms with Crippen LogP contribution in [0.15, 0.2) is 73.3 Å². The van der Waals surface area contributed by atoms with Crippen molar-refractivity contribution in [2.75, 3.05) is 5.32 Å². The van der Waals surface area contributed by atoms with Gasteiger partial charge >= 0.3 is 5.97 Å². The summed E-state index contributed by atoms with van der Waals surface area (Å²) in [5, 5.41) is 3.39. The molecule has 0 spiro atoms. The fraction of sp³-hybridized carbons (Fsp3) is 0.286. The van der Waals surface area contributed by atoms with Gasteiger partial charge in [-0.2, -0.15) is 0 Å². The lowest BCUT2D eigenvalue weighted by Gasteiger charge is -2.35. The van der Waals surface area contributed by atoms with E-state index < -0.39 is 11.1 Å². The number of para-hydroxylation sites is 1. The van der Waals surface area contributed by atoms with E-state index >= 15 is 0 Å². The fourth-order valence-corrected chi connectivity index (χ4v) is 2.57. The maximum Gasteiger partial charge on any atom is 0.337 e. The molecular formula is C21H25NO2. The van der Waals surface area contributed by atoms with Crippen LogP contribution in [0.5, 0.6) is 0 Å². The van der Waals surface area contributed by atoms with Gasteiger partial charge in [-0.05, 0) is 38.5 Å². The Bertz CT molecular complexity index is 674. The zero-order chi connectivity index (χ0) is 17.6. The van der Waals surface area contributed by atoms with Gasteiger partial charge in [-0.3, -0.25) is 0 Å². The molecule has 24 heavy (non-hydrogen) atoms. The summed E-state index contributed by atoms with van der Waals surface area (Å²) in [6.45, 7) is 9.46. The maximum atomic E-state index is 13.1. The van der Waals surface area contributed by atoms with Crippen LogP contribution in [0.25, 0.3) is 0 Å². The first-order valence-electron chi connectivity index (χ1n) is 8.10. The van der Waals surface area contributed by atoms with E-state index in [2.05, 4.69) is 11.9 Å². The first-order chi connectivity index (χ1) is 11.4. The Morgan fingerprint density at radius 3 is 2.08 bits per heavy atom. The molecule has 2 rings (SSSR count). The Hall–Kier alpha value is -2.55. The minimum absolute atomic E-state index is 0.315. The molecule has 0 saturated heterocycles. The van der Waals surface area contributed by atoms with Gasteiger partial charge in [0, 0.05) is 12.1 Å². The molecule has 2 aromatic rings. The number of anilines is 1. The molecule has 0 amide bonds. The molecule has 2 aromatic carbocycles. The van der Waals surface area contributed by atoms with Crippen molar-refractivity contribution in [1.82, 2.24) is 0 Å². The van der Waals surface area contributed by atoms with Gasteiger partial charge in [0.1, 0.15) is 5.60 Å². The van der Waals surface area contributed by atoms with Crippen molar-refractivity contribution < 1.29 is 9.53 Å². The molecule has 126 valence electrons. The number of benzene rings is 2. The Balaban J connectivity index is 2.52. The molecule has 0 heterocycles. The van der Waals surface area contributed by atoms with E-state index in [0.29, 0.717) is 6.42 Å². The third-order valence-electron chi connectivity index (χ3n) is 3.60. The molecule has 0 radical (unpaired) electrons. The third-order valence-corrected chi connectivity index (χ3v) is 3.60. The topological polar surface area (TPSA) is 38.3 Å². The number of hydrogen-bond donors (Lipinski definition) is 1. The number of rotatable bonds is 6. The largest absolute Gasteiger partial charge is 0.458 e. The SMILES string of the molecule is C=CCC(Nc1ccccc1)(C(=O)OC(C)(C)C)c1ccccc1. The van der Waals surface area contributed by atoms with Crippen LogP contribution in [-0.4, -0.2) is 11.6 Å². The van der Waals surface area contributed by atoms with Crippen LogP contribution in [0, 0.1) is 0 Å². The van der Waals surface area contributed by atoms with E-state index in [1.54, 1.807) is 6.08 Å². The fourth-order valence-electron chi connectivity index (χ4n) is 2.57. The van der Waals surface area contributed by atoms with Crippen LogP contribution >= 0.6 is 0 Å². The Labute approximate surface area is 144 Å². The lowest BCUT2D eigenvalue weighted by Crippen LogP contribution is -2.47. The lowest BCUT2D eigenvalue weighted by molar-refractivity contribution is -0.161. The van der Waals surface area contributed by atoms with Gasteiger partial charge in [0.15, 0.2) is 5.54 Å². The molecule has 3 nitrogen and oxygen atoms in total. The van der Waals surface area contributed by atoms with Crippen molar-refractivity contribution >= 4 is 11.7 Å². The van der Waals surface area contributed by atoms with E-state index in [4.69, 9.17) is 4.74 Å². The molecule has 0 saturated carbocycles. The molecule has 0 bridgehead atoms. The summed E-state index contributed by atoms with van der Waals surface area (Å²) in [6, 6.07) is 19.3. The highest BCUT2D eigenvalue weighted by Gasteiger charge is 2.42. The predicted octanol–water partition coefficient (Wildman–Crippen LogP) is 4.91. The summed E-state index contributed by atoms with van der Waals surface area (Å²) in [5.41, 5.74) is 0.117. The second-order valence-electron chi connectivity index (χ2n) is 6.76. The average molecular weight is 323 g/mol. The number of carbonyl (C=O) groups is 1. The molecule has 0 aliphatic rings. The number of esters is 1. The van der Waals surface area contributed by atoms with Crippen molar-refractivity contribution in [3.05, 3.63) is 78.9 Å². The van der Waals surface area contributed by atoms with Crippen molar-refractivity contribution in [3.8, 4) is 0 Å². The molecule has 1 N–H and O–H groups in total. The molecule has 0 fully saturated rings. The highest BCUT2D eigenvalue weighted by molar-refractivity contribution is 5.87. The van der Waals surface area contributed by atoms with Gasteiger partial charge < -0.3 is 10.1 Å². The number of nitrogens with one attached hydrogen (secondary N) is 1. The van der Waals surface area contributed by atoms with Crippen LogP contribution in [0.1, 0.15) is 32.8 Å². The normalized spacial score (nSPS) is 13.6. The molecule has 1 unspecified atom stereocenters. The first kappa shape index (κ1) is 17.8. The van der Waals surface area contributed by atoms with Gasteiger partial charge in [-0.25, -0.2) is 4.79 Å². The van der Waals surface area contributed by atoms with E-state index in [-0.39, 0.29) is 5.97 Å². The van der Waals surface area contributed by atoms with Crippen LogP contribution in [0.2, 0.25) is 0 Å². The minimum atomic E-state index is -1.02. The highest BCUT2D eigenvalue weighted by Crippen LogP contribution is 2.33. The molecule has 0 aliphatic carbocycles. The highest BCUT2D eigenvalue weighted by atomic mass is 16.6. The first-order valence-corrected chi connectivity index (χ1v) is 8.10. The quantitative estimate of drug-likeness (QED) is 0.606. The number of ether oxygens (including phenoxy) is 1. The second-order valence-corrected chi connectivity index (χ2v) is 6.76. The second kappa shape index (κ2) is 7.35. The summed E-state index contributed by atoms with van der Waals surface area (Å²) in [5.74, 6) is -0.315. The zero-order valence-electron chi connectivity index (χ0n) is 14.6. The Morgan fingerprint density at radius 1 is 1.04 bits per heavy atom. The summed E-state index contributed by atoms with van der Waals surface area (Å²) in [6.07, 6.45) is 2.16. The monoisotopic (exact) mass is 323 g/mol. The summed E-state index contributed by atoms with van der Waals surface area (Å²) >= 11 is 0. The number of hydrogen-bond acceptors (Lipinski definition) is 3. The predicted molar refractivity (Wildman–Crippen MR) is 98.8 cm³/mol. The van der Waals surface area contributed by atoms with E-state index in [0.717, 1.165) is 11.3 Å². The maximum absolute atomic E-state index is 13.1. The third kappa shape index (κ3) is 4.25.